The van der Waals surface area contributed by atoms with Gasteiger partial charge in [0, 0.05) is 23.7 Å². The van der Waals surface area contributed by atoms with Crippen LogP contribution in [0.2, 0.25) is 5.02 Å². The summed E-state index contributed by atoms with van der Waals surface area (Å²) in [5.41, 5.74) is 1.37. The predicted molar refractivity (Wildman–Crippen MR) is 93.6 cm³/mol. The van der Waals surface area contributed by atoms with Gasteiger partial charge in [0.05, 0.1) is 5.69 Å². The van der Waals surface area contributed by atoms with Gasteiger partial charge in [-0.15, -0.1) is 0 Å². The number of carbonyl (C=O) groups excluding carboxylic acids is 2. The van der Waals surface area contributed by atoms with E-state index in [9.17, 15) is 9.59 Å². The summed E-state index contributed by atoms with van der Waals surface area (Å²) in [4.78, 5) is 26.1. The number of nitrogens with zero attached hydrogens (tertiary/aromatic N) is 1. The standard InChI is InChI=1S/C18H17ClN2O3/c1-12-18(23)21(15-4-2-3-5-16(15)24-12)11-10-17(22)20-14-8-6-13(19)7-9-14/h2-9,12H,10-11H2,1H3,(H,20,22)/t12-/m1/s1. The van der Waals surface area contributed by atoms with Crippen molar-refractivity contribution in [2.24, 2.45) is 0 Å². The molecule has 1 aliphatic heterocycles. The van der Waals surface area contributed by atoms with Crippen LogP contribution in [0.4, 0.5) is 11.4 Å². The van der Waals surface area contributed by atoms with Crippen LogP contribution < -0.4 is 15.0 Å². The third kappa shape index (κ3) is 3.51. The molecule has 0 spiro atoms. The second-order valence-corrected chi connectivity index (χ2v) is 5.96. The smallest absolute Gasteiger partial charge is 0.267 e. The molecular weight excluding hydrogens is 328 g/mol. The average molecular weight is 345 g/mol. The first-order valence-electron chi connectivity index (χ1n) is 7.67. The molecule has 1 atom stereocenters. The lowest BCUT2D eigenvalue weighted by Gasteiger charge is -2.32. The van der Waals surface area contributed by atoms with Crippen LogP contribution in [-0.4, -0.2) is 24.5 Å². The Kier molecular flexibility index (Phi) is 4.71. The van der Waals surface area contributed by atoms with Crippen molar-refractivity contribution in [1.29, 1.82) is 0 Å². The molecule has 124 valence electrons. The Bertz CT molecular complexity index is 761. The van der Waals surface area contributed by atoms with Crippen LogP contribution in [0.15, 0.2) is 48.5 Å². The third-order valence-electron chi connectivity index (χ3n) is 3.76. The first-order chi connectivity index (χ1) is 11.5. The van der Waals surface area contributed by atoms with Crippen molar-refractivity contribution in [2.45, 2.75) is 19.4 Å². The summed E-state index contributed by atoms with van der Waals surface area (Å²) >= 11 is 5.82. The number of rotatable bonds is 4. The molecule has 0 aliphatic carbocycles. The van der Waals surface area contributed by atoms with E-state index in [-0.39, 0.29) is 18.2 Å². The molecule has 5 nitrogen and oxygen atoms in total. The first-order valence-corrected chi connectivity index (χ1v) is 8.05. The maximum Gasteiger partial charge on any atom is 0.267 e. The minimum absolute atomic E-state index is 0.145. The molecule has 1 heterocycles. The van der Waals surface area contributed by atoms with E-state index in [4.69, 9.17) is 16.3 Å². The van der Waals surface area contributed by atoms with Gasteiger partial charge in [0.1, 0.15) is 5.75 Å². The molecule has 6 heteroatoms. The molecule has 1 N–H and O–H groups in total. The summed E-state index contributed by atoms with van der Waals surface area (Å²) in [6, 6.07) is 14.2. The molecule has 0 unspecified atom stereocenters. The summed E-state index contributed by atoms with van der Waals surface area (Å²) in [5.74, 6) is 0.345. The summed E-state index contributed by atoms with van der Waals surface area (Å²) in [6.07, 6.45) is -0.366. The molecule has 2 amide bonds. The number of ether oxygens (including phenoxy) is 1. The maximum atomic E-state index is 12.4. The van der Waals surface area contributed by atoms with E-state index in [1.54, 1.807) is 36.1 Å². The minimum atomic E-state index is -0.556. The molecule has 0 saturated carbocycles. The first kappa shape index (κ1) is 16.3. The quantitative estimate of drug-likeness (QED) is 0.923. The van der Waals surface area contributed by atoms with Crippen molar-refractivity contribution < 1.29 is 14.3 Å². The van der Waals surface area contributed by atoms with Crippen molar-refractivity contribution in [3.8, 4) is 5.75 Å². The van der Waals surface area contributed by atoms with Crippen LogP contribution in [-0.2, 0) is 9.59 Å². The van der Waals surface area contributed by atoms with Crippen molar-refractivity contribution in [1.82, 2.24) is 0 Å². The summed E-state index contributed by atoms with van der Waals surface area (Å²) < 4.78 is 5.58. The van der Waals surface area contributed by atoms with E-state index in [1.165, 1.54) is 0 Å². The van der Waals surface area contributed by atoms with E-state index >= 15 is 0 Å². The highest BCUT2D eigenvalue weighted by Gasteiger charge is 2.31. The molecule has 1 aliphatic rings. The molecule has 0 fully saturated rings. The number of amides is 2. The monoisotopic (exact) mass is 344 g/mol. The van der Waals surface area contributed by atoms with Gasteiger partial charge in [-0.05, 0) is 43.3 Å². The fraction of sp³-hybridized carbons (Fsp3) is 0.222. The Balaban J connectivity index is 1.66. The zero-order valence-electron chi connectivity index (χ0n) is 13.2. The Labute approximate surface area is 145 Å². The van der Waals surface area contributed by atoms with Crippen LogP contribution in [0.5, 0.6) is 5.75 Å². The van der Waals surface area contributed by atoms with Crippen LogP contribution in [0.25, 0.3) is 0 Å². The molecule has 0 aromatic heterocycles. The second-order valence-electron chi connectivity index (χ2n) is 5.52. The van der Waals surface area contributed by atoms with Crippen LogP contribution in [0.1, 0.15) is 13.3 Å². The van der Waals surface area contributed by atoms with Crippen LogP contribution >= 0.6 is 11.6 Å². The summed E-state index contributed by atoms with van der Waals surface area (Å²) in [7, 11) is 0. The highest BCUT2D eigenvalue weighted by atomic mass is 35.5. The van der Waals surface area contributed by atoms with E-state index in [0.29, 0.717) is 28.7 Å². The van der Waals surface area contributed by atoms with Gasteiger partial charge in [0.2, 0.25) is 5.91 Å². The maximum absolute atomic E-state index is 12.4. The van der Waals surface area contributed by atoms with E-state index in [1.807, 2.05) is 24.3 Å². The van der Waals surface area contributed by atoms with E-state index in [2.05, 4.69) is 5.32 Å². The van der Waals surface area contributed by atoms with Crippen molar-refractivity contribution >= 4 is 34.8 Å². The van der Waals surface area contributed by atoms with Gasteiger partial charge in [-0.1, -0.05) is 23.7 Å². The summed E-state index contributed by atoms with van der Waals surface area (Å²) in [5, 5.41) is 3.40. The fourth-order valence-corrected chi connectivity index (χ4v) is 2.69. The van der Waals surface area contributed by atoms with Gasteiger partial charge >= 0.3 is 0 Å². The number of hydrogen-bond donors (Lipinski definition) is 1. The molecule has 0 radical (unpaired) electrons. The number of benzene rings is 2. The van der Waals surface area contributed by atoms with E-state index < -0.39 is 6.10 Å². The van der Waals surface area contributed by atoms with Gasteiger partial charge in [-0.25, -0.2) is 0 Å². The average Bonchev–Trinajstić information content (AvgIpc) is 2.57. The zero-order chi connectivity index (χ0) is 17.1. The van der Waals surface area contributed by atoms with E-state index in [0.717, 1.165) is 0 Å². The van der Waals surface area contributed by atoms with Gasteiger partial charge in [-0.3, -0.25) is 9.59 Å². The number of carbonyl (C=O) groups is 2. The number of halogens is 1. The molecule has 0 bridgehead atoms. The topological polar surface area (TPSA) is 58.6 Å². The second kappa shape index (κ2) is 6.93. The lowest BCUT2D eigenvalue weighted by Crippen LogP contribution is -2.45. The van der Waals surface area contributed by atoms with Gasteiger partial charge in [-0.2, -0.15) is 0 Å². The number of hydrogen-bond acceptors (Lipinski definition) is 3. The van der Waals surface area contributed by atoms with Crippen molar-refractivity contribution in [3.63, 3.8) is 0 Å². The molecule has 3 rings (SSSR count). The highest BCUT2D eigenvalue weighted by Crippen LogP contribution is 2.33. The number of para-hydroxylation sites is 2. The van der Waals surface area contributed by atoms with Gasteiger partial charge in [0.25, 0.3) is 5.91 Å². The SMILES string of the molecule is C[C@H]1Oc2ccccc2N(CCC(=O)Nc2ccc(Cl)cc2)C1=O. The molecule has 2 aromatic rings. The number of anilines is 2. The van der Waals surface area contributed by atoms with Gasteiger partial charge in [0.15, 0.2) is 6.10 Å². The Morgan fingerprint density at radius 2 is 1.92 bits per heavy atom. The Morgan fingerprint density at radius 3 is 2.67 bits per heavy atom. The highest BCUT2D eigenvalue weighted by molar-refractivity contribution is 6.30. The lowest BCUT2D eigenvalue weighted by molar-refractivity contribution is -0.125. The molecule has 0 saturated heterocycles. The van der Waals surface area contributed by atoms with Crippen molar-refractivity contribution in [2.75, 3.05) is 16.8 Å². The van der Waals surface area contributed by atoms with Crippen LogP contribution in [0.3, 0.4) is 0 Å². The predicted octanol–water partition coefficient (Wildman–Crippen LogP) is 3.48. The number of fused-ring (bicyclic) bond motifs is 1. The summed E-state index contributed by atoms with van der Waals surface area (Å²) in [6.45, 7) is 2.00. The third-order valence-corrected chi connectivity index (χ3v) is 4.02. The number of nitrogens with one attached hydrogen (secondary N) is 1. The zero-order valence-corrected chi connectivity index (χ0v) is 13.9. The molecule has 2 aromatic carbocycles. The fourth-order valence-electron chi connectivity index (χ4n) is 2.56. The Morgan fingerprint density at radius 1 is 1.21 bits per heavy atom. The molecule has 24 heavy (non-hydrogen) atoms. The lowest BCUT2D eigenvalue weighted by atomic mass is 10.1. The van der Waals surface area contributed by atoms with Crippen molar-refractivity contribution in [3.05, 3.63) is 53.6 Å². The van der Waals surface area contributed by atoms with Gasteiger partial charge < -0.3 is 15.0 Å². The minimum Gasteiger partial charge on any atom is -0.479 e. The Hall–Kier alpha value is -2.53. The largest absolute Gasteiger partial charge is 0.479 e. The van der Waals surface area contributed by atoms with Crippen LogP contribution in [0, 0.1) is 0 Å². The normalized spacial score (nSPS) is 16.3. The molecular formula is C18H17ClN2O3.